The van der Waals surface area contributed by atoms with Crippen LogP contribution in [0.25, 0.3) is 11.1 Å². The van der Waals surface area contributed by atoms with Crippen molar-refractivity contribution >= 4 is 11.8 Å². The van der Waals surface area contributed by atoms with Crippen LogP contribution >= 0.6 is 0 Å². The van der Waals surface area contributed by atoms with E-state index in [2.05, 4.69) is 10.4 Å². The summed E-state index contributed by atoms with van der Waals surface area (Å²) >= 11 is 0. The highest BCUT2D eigenvalue weighted by Crippen LogP contribution is 2.45. The first-order valence-electron chi connectivity index (χ1n) is 11.9. The van der Waals surface area contributed by atoms with Crippen molar-refractivity contribution in [3.8, 4) is 22.6 Å². The summed E-state index contributed by atoms with van der Waals surface area (Å²) in [7, 11) is 1.34. The van der Waals surface area contributed by atoms with E-state index in [9.17, 15) is 13.6 Å². The number of aromatic nitrogens is 2. The van der Waals surface area contributed by atoms with Gasteiger partial charge in [0.25, 0.3) is 0 Å². The standard InChI is InChI=1S/C26H28F2N4O3/c1-16-3-5-21-23(32(16)26(33)34-2)8-6-20(25(21)35-24-13-18(27)4-7-22(24)28)17-14-30-31(15-17)19-9-11-29-12-10-19/h4,6-8,13-16,19,29H,3,5,9-12H2,1-2H3. The first-order valence-corrected chi connectivity index (χ1v) is 11.9. The molecule has 1 unspecified atom stereocenters. The van der Waals surface area contributed by atoms with Gasteiger partial charge >= 0.3 is 6.09 Å². The predicted octanol–water partition coefficient (Wildman–Crippen LogP) is 5.45. The molecule has 0 saturated carbocycles. The molecule has 2 aliphatic heterocycles. The molecule has 7 nitrogen and oxygen atoms in total. The molecule has 2 aromatic carbocycles. The lowest BCUT2D eigenvalue weighted by molar-refractivity contribution is 0.175. The van der Waals surface area contributed by atoms with E-state index in [1.807, 2.05) is 29.9 Å². The number of nitrogens with zero attached hydrogens (tertiary/aromatic N) is 3. The number of hydrogen-bond acceptors (Lipinski definition) is 5. The number of methoxy groups -OCH3 is 1. The second kappa shape index (κ2) is 9.65. The summed E-state index contributed by atoms with van der Waals surface area (Å²) < 4.78 is 41.6. The van der Waals surface area contributed by atoms with Crippen molar-refractivity contribution in [3.05, 3.63) is 59.9 Å². The van der Waals surface area contributed by atoms with Crippen LogP contribution in [0, 0.1) is 11.6 Å². The van der Waals surface area contributed by atoms with Crippen LogP contribution in [-0.4, -0.2) is 42.1 Å². The van der Waals surface area contributed by atoms with Crippen LogP contribution in [0.4, 0.5) is 19.3 Å². The highest BCUT2D eigenvalue weighted by Gasteiger charge is 2.33. The molecule has 184 valence electrons. The van der Waals surface area contributed by atoms with Gasteiger partial charge in [-0.1, -0.05) is 0 Å². The summed E-state index contributed by atoms with van der Waals surface area (Å²) in [5.41, 5.74) is 2.88. The fourth-order valence-corrected chi connectivity index (χ4v) is 4.94. The van der Waals surface area contributed by atoms with Gasteiger partial charge in [0.15, 0.2) is 11.6 Å². The molecule has 9 heteroatoms. The lowest BCUT2D eigenvalue weighted by Crippen LogP contribution is -2.42. The zero-order chi connectivity index (χ0) is 24.5. The van der Waals surface area contributed by atoms with E-state index in [4.69, 9.17) is 9.47 Å². The number of carbonyl (C=O) groups excluding carboxylic acids is 1. The zero-order valence-corrected chi connectivity index (χ0v) is 19.8. The molecule has 1 atom stereocenters. The number of nitrogens with one attached hydrogen (secondary N) is 1. The van der Waals surface area contributed by atoms with Crippen LogP contribution in [0.5, 0.6) is 11.5 Å². The van der Waals surface area contributed by atoms with E-state index in [0.717, 1.165) is 55.3 Å². The molecule has 2 aliphatic rings. The van der Waals surface area contributed by atoms with Crippen LogP contribution in [0.15, 0.2) is 42.7 Å². The topological polar surface area (TPSA) is 68.6 Å². The lowest BCUT2D eigenvalue weighted by atomic mass is 9.92. The molecule has 35 heavy (non-hydrogen) atoms. The maximum atomic E-state index is 14.6. The van der Waals surface area contributed by atoms with E-state index in [0.29, 0.717) is 35.9 Å². The molecule has 1 N–H and O–H groups in total. The average Bonchev–Trinajstić information content (AvgIpc) is 3.36. The number of benzene rings is 2. The Bertz CT molecular complexity index is 1240. The van der Waals surface area contributed by atoms with Crippen molar-refractivity contribution in [1.82, 2.24) is 15.1 Å². The second-order valence-electron chi connectivity index (χ2n) is 9.03. The summed E-state index contributed by atoms with van der Waals surface area (Å²) in [6, 6.07) is 7.02. The minimum atomic E-state index is -0.672. The average molecular weight is 483 g/mol. The van der Waals surface area contributed by atoms with Gasteiger partial charge < -0.3 is 14.8 Å². The Labute approximate surface area is 202 Å². The van der Waals surface area contributed by atoms with E-state index in [1.54, 1.807) is 11.1 Å². The predicted molar refractivity (Wildman–Crippen MR) is 128 cm³/mol. The molecule has 1 saturated heterocycles. The van der Waals surface area contributed by atoms with Gasteiger partial charge in [0.1, 0.15) is 11.6 Å². The van der Waals surface area contributed by atoms with Gasteiger partial charge in [0.05, 0.1) is 25.0 Å². The highest BCUT2D eigenvalue weighted by molar-refractivity contribution is 5.92. The Hall–Kier alpha value is -3.46. The molecular formula is C26H28F2N4O3. The molecule has 0 spiro atoms. The Balaban J connectivity index is 1.62. The number of amides is 1. The quantitative estimate of drug-likeness (QED) is 0.535. The molecule has 3 heterocycles. The number of hydrogen-bond donors (Lipinski definition) is 1. The summed E-state index contributed by atoms with van der Waals surface area (Å²) in [6.07, 6.45) is 6.49. The first kappa shape index (κ1) is 23.3. The first-order chi connectivity index (χ1) is 17.0. The molecule has 0 aliphatic carbocycles. The normalized spacial score (nSPS) is 18.3. The van der Waals surface area contributed by atoms with Crippen molar-refractivity contribution in [1.29, 1.82) is 0 Å². The van der Waals surface area contributed by atoms with Gasteiger partial charge in [-0.3, -0.25) is 9.58 Å². The van der Waals surface area contributed by atoms with Crippen molar-refractivity contribution in [2.24, 2.45) is 0 Å². The Morgan fingerprint density at radius 1 is 1.14 bits per heavy atom. The van der Waals surface area contributed by atoms with E-state index < -0.39 is 17.7 Å². The SMILES string of the molecule is COC(=O)N1c2ccc(-c3cnn(C4CCNCC4)c3)c(Oc3cc(F)ccc3F)c2CCC1C. The van der Waals surface area contributed by atoms with E-state index >= 15 is 0 Å². The minimum Gasteiger partial charge on any atom is -0.453 e. The second-order valence-corrected chi connectivity index (χ2v) is 9.03. The third-order valence-electron chi connectivity index (χ3n) is 6.82. The molecule has 0 bridgehead atoms. The van der Waals surface area contributed by atoms with Gasteiger partial charge in [-0.15, -0.1) is 0 Å². The zero-order valence-electron chi connectivity index (χ0n) is 19.8. The van der Waals surface area contributed by atoms with Crippen molar-refractivity contribution < 1.29 is 23.0 Å². The molecule has 3 aromatic rings. The van der Waals surface area contributed by atoms with Crippen LogP contribution in [0.3, 0.4) is 0 Å². The van der Waals surface area contributed by atoms with Crippen molar-refractivity contribution in [3.63, 3.8) is 0 Å². The molecular weight excluding hydrogens is 454 g/mol. The van der Waals surface area contributed by atoms with Gasteiger partial charge in [-0.25, -0.2) is 13.6 Å². The fraction of sp³-hybridized carbons (Fsp3) is 0.385. The van der Waals surface area contributed by atoms with E-state index in [1.165, 1.54) is 7.11 Å². The summed E-state index contributed by atoms with van der Waals surface area (Å²) in [4.78, 5) is 14.2. The van der Waals surface area contributed by atoms with Crippen LogP contribution < -0.4 is 15.0 Å². The number of anilines is 1. The Morgan fingerprint density at radius 2 is 1.94 bits per heavy atom. The molecule has 1 aromatic heterocycles. The smallest absolute Gasteiger partial charge is 0.414 e. The Kier molecular flexibility index (Phi) is 6.42. The van der Waals surface area contributed by atoms with Gasteiger partial charge in [-0.2, -0.15) is 5.10 Å². The highest BCUT2D eigenvalue weighted by atomic mass is 19.1. The number of halogens is 2. The number of rotatable bonds is 4. The van der Waals surface area contributed by atoms with Gasteiger partial charge in [-0.05, 0) is 70.0 Å². The summed E-state index contributed by atoms with van der Waals surface area (Å²) in [6.45, 7) is 3.82. The monoisotopic (exact) mass is 482 g/mol. The fourth-order valence-electron chi connectivity index (χ4n) is 4.94. The molecule has 1 fully saturated rings. The largest absolute Gasteiger partial charge is 0.453 e. The maximum Gasteiger partial charge on any atom is 0.414 e. The number of fused-ring (bicyclic) bond motifs is 1. The summed E-state index contributed by atoms with van der Waals surface area (Å²) in [5, 5.41) is 7.95. The summed E-state index contributed by atoms with van der Waals surface area (Å²) in [5.74, 6) is -1.10. The Morgan fingerprint density at radius 3 is 2.71 bits per heavy atom. The van der Waals surface area contributed by atoms with Gasteiger partial charge in [0.2, 0.25) is 0 Å². The van der Waals surface area contributed by atoms with Crippen LogP contribution in [0.2, 0.25) is 0 Å². The molecule has 0 radical (unpaired) electrons. The lowest BCUT2D eigenvalue weighted by Gasteiger charge is -2.35. The van der Waals surface area contributed by atoms with Crippen molar-refractivity contribution in [2.75, 3.05) is 25.1 Å². The maximum absolute atomic E-state index is 14.6. The van der Waals surface area contributed by atoms with Crippen LogP contribution in [0.1, 0.15) is 37.8 Å². The number of carbonyl (C=O) groups is 1. The molecule has 5 rings (SSSR count). The number of piperidine rings is 1. The van der Waals surface area contributed by atoms with Gasteiger partial charge in [0, 0.05) is 35.0 Å². The third kappa shape index (κ3) is 4.48. The van der Waals surface area contributed by atoms with Crippen molar-refractivity contribution in [2.45, 2.75) is 44.7 Å². The van der Waals surface area contributed by atoms with Crippen LogP contribution in [-0.2, 0) is 11.2 Å². The number of ether oxygens (including phenoxy) is 2. The third-order valence-corrected chi connectivity index (χ3v) is 6.82. The minimum absolute atomic E-state index is 0.0813. The molecule has 1 amide bonds. The van der Waals surface area contributed by atoms with E-state index in [-0.39, 0.29) is 11.8 Å².